The van der Waals surface area contributed by atoms with E-state index in [-0.39, 0.29) is 22.9 Å². The maximum absolute atomic E-state index is 12.9. The lowest BCUT2D eigenvalue weighted by molar-refractivity contribution is -0.385. The summed E-state index contributed by atoms with van der Waals surface area (Å²) in [5.74, 6) is -0.0173. The van der Waals surface area contributed by atoms with E-state index in [2.05, 4.69) is 41.8 Å². The number of rotatable bonds is 4. The third kappa shape index (κ3) is 4.62. The molecule has 12 heteroatoms. The molecule has 33 heavy (non-hydrogen) atoms. The average molecular weight is 585 g/mol. The summed E-state index contributed by atoms with van der Waals surface area (Å²) in [7, 11) is 0. The molecule has 4 aromatic rings. The maximum atomic E-state index is 12.9. The molecule has 0 aliphatic heterocycles. The van der Waals surface area contributed by atoms with E-state index in [1.54, 1.807) is 36.4 Å². The fourth-order valence-corrected chi connectivity index (χ4v) is 4.40. The summed E-state index contributed by atoms with van der Waals surface area (Å²) in [6.07, 6.45) is -4.74. The predicted molar refractivity (Wildman–Crippen MR) is 121 cm³/mol. The summed E-state index contributed by atoms with van der Waals surface area (Å²) < 4.78 is 45.0. The van der Waals surface area contributed by atoms with Gasteiger partial charge in [-0.25, -0.2) is 4.98 Å². The van der Waals surface area contributed by atoms with Gasteiger partial charge in [0, 0.05) is 11.6 Å². The van der Waals surface area contributed by atoms with Gasteiger partial charge in [-0.15, -0.1) is 0 Å². The van der Waals surface area contributed by atoms with Crippen molar-refractivity contribution in [3.63, 3.8) is 0 Å². The van der Waals surface area contributed by atoms with Crippen LogP contribution in [0.3, 0.4) is 0 Å². The fourth-order valence-electron chi connectivity index (χ4n) is 3.05. The van der Waals surface area contributed by atoms with Gasteiger partial charge in [0.2, 0.25) is 5.75 Å². The van der Waals surface area contributed by atoms with Crippen molar-refractivity contribution in [2.45, 2.75) is 6.18 Å². The topological polar surface area (TPSA) is 98.1 Å². The van der Waals surface area contributed by atoms with Crippen LogP contribution in [-0.2, 0) is 6.18 Å². The molecule has 0 amide bonds. The first-order chi connectivity index (χ1) is 15.5. The predicted octanol–water partition coefficient (Wildman–Crippen LogP) is 6.83. The van der Waals surface area contributed by atoms with Gasteiger partial charge in [0.25, 0.3) is 5.56 Å². The van der Waals surface area contributed by atoms with Crippen molar-refractivity contribution in [2.24, 2.45) is 0 Å². The van der Waals surface area contributed by atoms with Crippen LogP contribution in [0.5, 0.6) is 11.5 Å². The van der Waals surface area contributed by atoms with Crippen LogP contribution >= 0.6 is 31.9 Å². The van der Waals surface area contributed by atoms with Crippen LogP contribution in [0, 0.1) is 10.1 Å². The number of nitrogens with one attached hydrogen (secondary N) is 1. The molecule has 0 unspecified atom stereocenters. The second-order valence-corrected chi connectivity index (χ2v) is 8.45. The SMILES string of the molecule is O=c1[nH]c(-c2cc(Br)c(Oc3ccc(C(F)(F)F)cc3[N+](=O)[O-])c(Br)c2)nc2ccccc12. The Kier molecular flexibility index (Phi) is 5.97. The van der Waals surface area contributed by atoms with Crippen LogP contribution in [0.2, 0.25) is 0 Å². The minimum absolute atomic E-state index is 0.0877. The molecule has 0 aliphatic rings. The number of nitrogens with zero attached hydrogens (tertiary/aromatic N) is 2. The lowest BCUT2D eigenvalue weighted by Gasteiger charge is -2.13. The third-order valence-corrected chi connectivity index (χ3v) is 5.76. The van der Waals surface area contributed by atoms with E-state index >= 15 is 0 Å². The number of nitro benzene ring substituents is 1. The van der Waals surface area contributed by atoms with Crippen molar-refractivity contribution in [1.29, 1.82) is 0 Å². The average Bonchev–Trinajstić information content (AvgIpc) is 2.75. The first-order valence-electron chi connectivity index (χ1n) is 9.06. The van der Waals surface area contributed by atoms with Gasteiger partial charge < -0.3 is 9.72 Å². The number of benzene rings is 3. The zero-order valence-corrected chi connectivity index (χ0v) is 19.3. The molecule has 168 valence electrons. The van der Waals surface area contributed by atoms with Crippen molar-refractivity contribution >= 4 is 48.5 Å². The fraction of sp³-hybridized carbons (Fsp3) is 0.0476. The van der Waals surface area contributed by atoms with Gasteiger partial charge in [-0.3, -0.25) is 14.9 Å². The van der Waals surface area contributed by atoms with Crippen LogP contribution < -0.4 is 10.3 Å². The molecule has 0 fully saturated rings. The lowest BCUT2D eigenvalue weighted by atomic mass is 10.1. The molecule has 1 heterocycles. The number of aromatic amines is 1. The summed E-state index contributed by atoms with van der Waals surface area (Å²) in [5.41, 5.74) is -1.35. The largest absolute Gasteiger partial charge is 0.448 e. The lowest BCUT2D eigenvalue weighted by Crippen LogP contribution is -2.09. The minimum atomic E-state index is -4.74. The van der Waals surface area contributed by atoms with Gasteiger partial charge in [-0.2, -0.15) is 13.2 Å². The highest BCUT2D eigenvalue weighted by Gasteiger charge is 2.33. The number of aromatic nitrogens is 2. The van der Waals surface area contributed by atoms with Crippen LogP contribution in [0.1, 0.15) is 5.56 Å². The van der Waals surface area contributed by atoms with Gasteiger partial charge in [0.15, 0.2) is 5.75 Å². The van der Waals surface area contributed by atoms with Gasteiger partial charge in [0.05, 0.1) is 30.3 Å². The van der Waals surface area contributed by atoms with Gasteiger partial charge in [0.1, 0.15) is 5.82 Å². The van der Waals surface area contributed by atoms with Crippen LogP contribution in [0.4, 0.5) is 18.9 Å². The van der Waals surface area contributed by atoms with Crippen molar-refractivity contribution in [1.82, 2.24) is 9.97 Å². The summed E-state index contributed by atoms with van der Waals surface area (Å²) in [4.78, 5) is 29.9. The van der Waals surface area contributed by atoms with Crippen molar-refractivity contribution < 1.29 is 22.8 Å². The molecule has 4 rings (SSSR count). The highest BCUT2D eigenvalue weighted by atomic mass is 79.9. The van der Waals surface area contributed by atoms with Crippen molar-refractivity contribution in [3.05, 3.63) is 89.6 Å². The van der Waals surface area contributed by atoms with Crippen LogP contribution in [0.15, 0.2) is 68.3 Å². The molecular weight excluding hydrogens is 575 g/mol. The smallest absolute Gasteiger partial charge is 0.416 e. The number of H-pyrrole nitrogens is 1. The van der Waals surface area contributed by atoms with E-state index in [1.165, 1.54) is 0 Å². The number of alkyl halides is 3. The Bertz CT molecular complexity index is 1450. The number of hydrogen-bond donors (Lipinski definition) is 1. The molecule has 7 nitrogen and oxygen atoms in total. The number of fused-ring (bicyclic) bond motifs is 1. The Morgan fingerprint density at radius 3 is 2.33 bits per heavy atom. The molecule has 0 radical (unpaired) electrons. The number of ether oxygens (including phenoxy) is 1. The summed E-state index contributed by atoms with van der Waals surface area (Å²) in [6, 6.07) is 11.9. The van der Waals surface area contributed by atoms with E-state index in [1.807, 2.05) is 0 Å². The van der Waals surface area contributed by atoms with E-state index < -0.39 is 22.4 Å². The maximum Gasteiger partial charge on any atom is 0.416 e. The number of para-hydroxylation sites is 1. The number of nitro groups is 1. The van der Waals surface area contributed by atoms with E-state index in [9.17, 15) is 28.1 Å². The number of hydrogen-bond acceptors (Lipinski definition) is 5. The molecule has 0 saturated carbocycles. The standard InChI is InChI=1S/C21H10Br2F3N3O4/c22-13-7-10(19-27-15-4-2-1-3-12(15)20(30)28-19)8-14(23)18(13)33-17-6-5-11(21(24,25)26)9-16(17)29(31)32/h1-9H,(H,27,28,30). The van der Waals surface area contributed by atoms with E-state index in [0.29, 0.717) is 37.5 Å². The summed E-state index contributed by atoms with van der Waals surface area (Å²) in [5, 5.41) is 11.8. The molecule has 1 N–H and O–H groups in total. The molecule has 0 spiro atoms. The summed E-state index contributed by atoms with van der Waals surface area (Å²) >= 11 is 6.61. The highest BCUT2D eigenvalue weighted by Crippen LogP contribution is 2.43. The van der Waals surface area contributed by atoms with Gasteiger partial charge in [-0.05, 0) is 68.3 Å². The molecular formula is C21H10Br2F3N3O4. The Balaban J connectivity index is 1.75. The number of halogens is 5. The highest BCUT2D eigenvalue weighted by molar-refractivity contribution is 9.11. The van der Waals surface area contributed by atoms with Crippen LogP contribution in [-0.4, -0.2) is 14.9 Å². The molecule has 3 aromatic carbocycles. The molecule has 0 saturated heterocycles. The Labute approximate surface area is 199 Å². The third-order valence-electron chi connectivity index (χ3n) is 4.58. The first-order valence-corrected chi connectivity index (χ1v) is 10.6. The molecule has 1 aromatic heterocycles. The van der Waals surface area contributed by atoms with Crippen molar-refractivity contribution in [2.75, 3.05) is 0 Å². The van der Waals surface area contributed by atoms with Crippen molar-refractivity contribution in [3.8, 4) is 22.9 Å². The second kappa shape index (κ2) is 8.60. The Morgan fingerprint density at radius 2 is 1.70 bits per heavy atom. The zero-order valence-electron chi connectivity index (χ0n) is 16.1. The zero-order chi connectivity index (χ0) is 23.9. The normalized spacial score (nSPS) is 11.5. The monoisotopic (exact) mass is 583 g/mol. The Morgan fingerprint density at radius 1 is 1.03 bits per heavy atom. The van der Waals surface area contributed by atoms with E-state index in [4.69, 9.17) is 4.74 Å². The quantitative estimate of drug-likeness (QED) is 0.209. The summed E-state index contributed by atoms with van der Waals surface area (Å²) in [6.45, 7) is 0. The van der Waals surface area contributed by atoms with E-state index in [0.717, 1.165) is 6.07 Å². The van der Waals surface area contributed by atoms with Crippen LogP contribution in [0.25, 0.3) is 22.3 Å². The van der Waals surface area contributed by atoms with Gasteiger partial charge in [-0.1, -0.05) is 12.1 Å². The molecule has 0 aliphatic carbocycles. The molecule has 0 atom stereocenters. The minimum Gasteiger partial charge on any atom is -0.448 e. The second-order valence-electron chi connectivity index (χ2n) is 6.74. The molecule has 0 bridgehead atoms. The first kappa shape index (κ1) is 22.9. The van der Waals surface area contributed by atoms with Gasteiger partial charge >= 0.3 is 11.9 Å². The Hall–Kier alpha value is -3.25.